The summed E-state index contributed by atoms with van der Waals surface area (Å²) in [5.41, 5.74) is 0.490. The first kappa shape index (κ1) is 14.3. The van der Waals surface area contributed by atoms with Crippen molar-refractivity contribution in [2.24, 2.45) is 5.92 Å². The molecule has 0 bridgehead atoms. The van der Waals surface area contributed by atoms with Crippen LogP contribution in [0.4, 0.5) is 4.39 Å². The fourth-order valence-corrected chi connectivity index (χ4v) is 2.66. The fraction of sp³-hybridized carbons (Fsp3) is 0.500. The number of nitrogens with zero attached hydrogens (tertiary/aromatic N) is 1. The number of amides is 1. The van der Waals surface area contributed by atoms with Crippen LogP contribution in [-0.2, 0) is 4.74 Å². The van der Waals surface area contributed by atoms with Gasteiger partial charge in [-0.15, -0.1) is 12.6 Å². The molecule has 1 aromatic rings. The summed E-state index contributed by atoms with van der Waals surface area (Å²) in [5, 5.41) is 0. The molecule has 1 unspecified atom stereocenters. The second kappa shape index (κ2) is 6.39. The molecule has 0 N–H and O–H groups in total. The number of rotatable bonds is 3. The fourth-order valence-electron chi connectivity index (χ4n) is 2.45. The lowest BCUT2D eigenvalue weighted by Crippen LogP contribution is -2.41. The zero-order valence-electron chi connectivity index (χ0n) is 10.9. The molecule has 1 aliphatic heterocycles. The van der Waals surface area contributed by atoms with Crippen LogP contribution in [0.15, 0.2) is 23.1 Å². The topological polar surface area (TPSA) is 29.5 Å². The molecule has 3 nitrogen and oxygen atoms in total. The summed E-state index contributed by atoms with van der Waals surface area (Å²) in [6.07, 6.45) is 2.06. The number of likely N-dealkylation sites (tertiary alicyclic amines) is 1. The van der Waals surface area contributed by atoms with Gasteiger partial charge in [-0.1, -0.05) is 0 Å². The highest BCUT2D eigenvalue weighted by Crippen LogP contribution is 2.21. The van der Waals surface area contributed by atoms with Crippen LogP contribution < -0.4 is 0 Å². The number of methoxy groups -OCH3 is 1. The van der Waals surface area contributed by atoms with E-state index < -0.39 is 5.82 Å². The van der Waals surface area contributed by atoms with Crippen molar-refractivity contribution in [2.45, 2.75) is 17.7 Å². The summed E-state index contributed by atoms with van der Waals surface area (Å²) in [4.78, 5) is 14.4. The summed E-state index contributed by atoms with van der Waals surface area (Å²) in [6.45, 7) is 2.12. The smallest absolute Gasteiger partial charge is 0.253 e. The molecule has 0 radical (unpaired) electrons. The van der Waals surface area contributed by atoms with E-state index in [-0.39, 0.29) is 10.8 Å². The van der Waals surface area contributed by atoms with E-state index in [2.05, 4.69) is 12.6 Å². The van der Waals surface area contributed by atoms with Gasteiger partial charge in [0.2, 0.25) is 0 Å². The Morgan fingerprint density at radius 3 is 3.05 bits per heavy atom. The number of piperidine rings is 1. The van der Waals surface area contributed by atoms with Crippen LogP contribution in [-0.4, -0.2) is 37.6 Å². The SMILES string of the molecule is COCC1CCCN(C(=O)c2ccc(F)c(S)c2)C1. The second-order valence-electron chi connectivity index (χ2n) is 4.88. The first-order valence-corrected chi connectivity index (χ1v) is 6.83. The van der Waals surface area contributed by atoms with Crippen LogP contribution in [0.1, 0.15) is 23.2 Å². The number of thiol groups is 1. The first-order chi connectivity index (χ1) is 9.11. The van der Waals surface area contributed by atoms with Gasteiger partial charge in [-0.2, -0.15) is 0 Å². The summed E-state index contributed by atoms with van der Waals surface area (Å²) in [5.74, 6) is -0.0782. The van der Waals surface area contributed by atoms with Gasteiger partial charge in [-0.25, -0.2) is 4.39 Å². The Kier molecular flexibility index (Phi) is 4.82. The van der Waals surface area contributed by atoms with E-state index in [1.165, 1.54) is 18.2 Å². The summed E-state index contributed by atoms with van der Waals surface area (Å²) < 4.78 is 18.3. The van der Waals surface area contributed by atoms with Gasteiger partial charge >= 0.3 is 0 Å². The van der Waals surface area contributed by atoms with Crippen molar-refractivity contribution < 1.29 is 13.9 Å². The van der Waals surface area contributed by atoms with Gasteiger partial charge in [0.05, 0.1) is 6.61 Å². The van der Waals surface area contributed by atoms with Crippen LogP contribution in [0.5, 0.6) is 0 Å². The van der Waals surface area contributed by atoms with Crippen LogP contribution in [0.3, 0.4) is 0 Å². The van der Waals surface area contributed by atoms with Gasteiger partial charge in [-0.3, -0.25) is 4.79 Å². The Hall–Kier alpha value is -1.07. The van der Waals surface area contributed by atoms with Crippen molar-refractivity contribution in [2.75, 3.05) is 26.8 Å². The number of ether oxygens (including phenoxy) is 1. The number of hydrogen-bond donors (Lipinski definition) is 1. The molecule has 1 atom stereocenters. The Morgan fingerprint density at radius 2 is 2.37 bits per heavy atom. The van der Waals surface area contributed by atoms with Gasteiger partial charge in [0, 0.05) is 30.7 Å². The van der Waals surface area contributed by atoms with Crippen molar-refractivity contribution in [1.29, 1.82) is 0 Å². The zero-order valence-corrected chi connectivity index (χ0v) is 11.8. The minimum Gasteiger partial charge on any atom is -0.384 e. The van der Waals surface area contributed by atoms with E-state index in [1.807, 2.05) is 4.90 Å². The van der Waals surface area contributed by atoms with Crippen molar-refractivity contribution in [1.82, 2.24) is 4.90 Å². The van der Waals surface area contributed by atoms with Gasteiger partial charge in [0.15, 0.2) is 0 Å². The predicted octanol–water partition coefficient (Wildman–Crippen LogP) is 2.61. The Morgan fingerprint density at radius 1 is 1.58 bits per heavy atom. The molecular weight excluding hydrogens is 265 g/mol. The van der Waals surface area contributed by atoms with Crippen molar-refractivity contribution in [3.63, 3.8) is 0 Å². The molecule has 19 heavy (non-hydrogen) atoms. The zero-order chi connectivity index (χ0) is 13.8. The Balaban J connectivity index is 2.08. The van der Waals surface area contributed by atoms with E-state index >= 15 is 0 Å². The number of hydrogen-bond acceptors (Lipinski definition) is 3. The average molecular weight is 283 g/mol. The Bertz CT molecular complexity index is 465. The molecule has 0 spiro atoms. The average Bonchev–Trinajstić information content (AvgIpc) is 2.42. The lowest BCUT2D eigenvalue weighted by molar-refractivity contribution is 0.0570. The highest BCUT2D eigenvalue weighted by atomic mass is 32.1. The van der Waals surface area contributed by atoms with Crippen LogP contribution >= 0.6 is 12.6 Å². The standard InChI is InChI=1S/C14H18FNO2S/c1-18-9-10-3-2-6-16(8-10)14(17)11-4-5-12(15)13(19)7-11/h4-5,7,10,19H,2-3,6,8-9H2,1H3. The summed E-state index contributed by atoms with van der Waals surface area (Å²) >= 11 is 4.01. The molecule has 1 amide bonds. The minimum atomic E-state index is -0.407. The van der Waals surface area contributed by atoms with E-state index in [4.69, 9.17) is 4.74 Å². The normalized spacial score (nSPS) is 19.5. The second-order valence-corrected chi connectivity index (χ2v) is 5.36. The molecule has 1 aliphatic rings. The van der Waals surface area contributed by atoms with Crippen LogP contribution in [0, 0.1) is 11.7 Å². The quantitative estimate of drug-likeness (QED) is 0.864. The Labute approximate surface area is 118 Å². The van der Waals surface area contributed by atoms with E-state index in [1.54, 1.807) is 7.11 Å². The molecule has 1 aromatic carbocycles. The number of benzene rings is 1. The third kappa shape index (κ3) is 3.48. The van der Waals surface area contributed by atoms with Gasteiger partial charge in [0.1, 0.15) is 5.82 Å². The maximum atomic E-state index is 13.1. The third-order valence-corrected chi connectivity index (χ3v) is 3.74. The molecule has 2 rings (SSSR count). The lowest BCUT2D eigenvalue weighted by atomic mass is 9.98. The number of halogens is 1. The number of carbonyl (C=O) groups excluding carboxylic acids is 1. The van der Waals surface area contributed by atoms with Crippen LogP contribution in [0.2, 0.25) is 0 Å². The highest BCUT2D eigenvalue weighted by molar-refractivity contribution is 7.80. The minimum absolute atomic E-state index is 0.0592. The molecule has 1 fully saturated rings. The van der Waals surface area contributed by atoms with Crippen molar-refractivity contribution in [3.05, 3.63) is 29.6 Å². The molecule has 104 valence electrons. The predicted molar refractivity (Wildman–Crippen MR) is 74.2 cm³/mol. The van der Waals surface area contributed by atoms with Crippen LogP contribution in [0.25, 0.3) is 0 Å². The lowest BCUT2D eigenvalue weighted by Gasteiger charge is -2.32. The maximum Gasteiger partial charge on any atom is 0.253 e. The molecule has 1 heterocycles. The van der Waals surface area contributed by atoms with Gasteiger partial charge in [-0.05, 0) is 37.0 Å². The first-order valence-electron chi connectivity index (χ1n) is 6.38. The maximum absolute atomic E-state index is 13.1. The number of carbonyl (C=O) groups is 1. The summed E-state index contributed by atoms with van der Waals surface area (Å²) in [6, 6.07) is 4.28. The van der Waals surface area contributed by atoms with Gasteiger partial charge in [0.25, 0.3) is 5.91 Å². The molecule has 5 heteroatoms. The molecular formula is C14H18FNO2S. The van der Waals surface area contributed by atoms with Crippen molar-refractivity contribution >= 4 is 18.5 Å². The third-order valence-electron chi connectivity index (χ3n) is 3.40. The molecule has 0 saturated carbocycles. The molecule has 0 aliphatic carbocycles. The van der Waals surface area contributed by atoms with E-state index in [0.29, 0.717) is 24.6 Å². The largest absolute Gasteiger partial charge is 0.384 e. The highest BCUT2D eigenvalue weighted by Gasteiger charge is 2.24. The molecule has 0 aromatic heterocycles. The van der Waals surface area contributed by atoms with E-state index in [0.717, 1.165) is 19.4 Å². The summed E-state index contributed by atoms with van der Waals surface area (Å²) in [7, 11) is 1.67. The van der Waals surface area contributed by atoms with E-state index in [9.17, 15) is 9.18 Å². The van der Waals surface area contributed by atoms with Crippen molar-refractivity contribution in [3.8, 4) is 0 Å². The molecule has 1 saturated heterocycles. The van der Waals surface area contributed by atoms with Gasteiger partial charge < -0.3 is 9.64 Å². The monoisotopic (exact) mass is 283 g/mol.